The highest BCUT2D eigenvalue weighted by Crippen LogP contribution is 2.24. The number of benzene rings is 3. The van der Waals surface area contributed by atoms with Gasteiger partial charge in [0.15, 0.2) is 0 Å². The minimum Gasteiger partial charge on any atom is -0.322 e. The summed E-state index contributed by atoms with van der Waals surface area (Å²) in [4.78, 5) is 41.6. The zero-order chi connectivity index (χ0) is 23.5. The van der Waals surface area contributed by atoms with Crippen LogP contribution in [0.1, 0.15) is 61.5 Å². The summed E-state index contributed by atoms with van der Waals surface area (Å²) < 4.78 is 0. The lowest BCUT2D eigenvalue weighted by Gasteiger charge is -2.26. The molecule has 0 unspecified atom stereocenters. The summed E-state index contributed by atoms with van der Waals surface area (Å²) in [6, 6.07) is 21.9. The van der Waals surface area contributed by atoms with Crippen molar-refractivity contribution in [2.24, 2.45) is 0 Å². The topological polar surface area (TPSA) is 69.7 Å². The van der Waals surface area contributed by atoms with E-state index >= 15 is 0 Å². The second-order valence-electron chi connectivity index (χ2n) is 8.93. The maximum Gasteiger partial charge on any atom is 0.261 e. The predicted octanol–water partition coefficient (Wildman–Crippen LogP) is 4.72. The first kappa shape index (κ1) is 22.0. The first-order chi connectivity index (χ1) is 16.6. The lowest BCUT2D eigenvalue weighted by molar-refractivity contribution is 0.0642. The Morgan fingerprint density at radius 2 is 1.41 bits per heavy atom. The van der Waals surface area contributed by atoms with Gasteiger partial charge in [0.25, 0.3) is 17.7 Å². The monoisotopic (exact) mass is 453 g/mol. The number of anilines is 1. The molecule has 3 aromatic carbocycles. The molecule has 3 aromatic rings. The number of nitrogens with zero attached hydrogens (tertiary/aromatic N) is 2. The number of likely N-dealkylation sites (tertiary alicyclic amines) is 1. The van der Waals surface area contributed by atoms with Gasteiger partial charge >= 0.3 is 0 Å². The SMILES string of the molecule is O=C(Nc1cccc(CN2CCCCC2)c1)c1ccc(CN2C(=O)c3ccccc3C2=O)cc1. The summed E-state index contributed by atoms with van der Waals surface area (Å²) in [5, 5.41) is 2.98. The van der Waals surface area contributed by atoms with Crippen molar-refractivity contribution in [3.05, 3.63) is 101 Å². The number of carbonyl (C=O) groups is 3. The van der Waals surface area contributed by atoms with Gasteiger partial charge in [-0.15, -0.1) is 0 Å². The van der Waals surface area contributed by atoms with E-state index in [-0.39, 0.29) is 24.3 Å². The molecule has 0 atom stereocenters. The quantitative estimate of drug-likeness (QED) is 0.549. The second-order valence-corrected chi connectivity index (χ2v) is 8.93. The smallest absolute Gasteiger partial charge is 0.261 e. The third-order valence-electron chi connectivity index (χ3n) is 6.47. The van der Waals surface area contributed by atoms with E-state index in [2.05, 4.69) is 16.3 Å². The van der Waals surface area contributed by atoms with Crippen LogP contribution >= 0.6 is 0 Å². The second kappa shape index (κ2) is 9.61. The molecule has 0 aliphatic carbocycles. The molecule has 0 radical (unpaired) electrons. The molecule has 0 aromatic heterocycles. The van der Waals surface area contributed by atoms with E-state index in [0.717, 1.165) is 30.9 Å². The Morgan fingerprint density at radius 3 is 2.09 bits per heavy atom. The molecule has 0 saturated carbocycles. The molecule has 172 valence electrons. The normalized spacial score (nSPS) is 15.9. The number of rotatable bonds is 6. The number of hydrogen-bond donors (Lipinski definition) is 1. The van der Waals surface area contributed by atoms with Crippen molar-refractivity contribution in [2.45, 2.75) is 32.4 Å². The Kier molecular flexibility index (Phi) is 6.23. The highest BCUT2D eigenvalue weighted by atomic mass is 16.2. The van der Waals surface area contributed by atoms with E-state index in [4.69, 9.17) is 0 Å². The Bertz CT molecular complexity index is 1190. The van der Waals surface area contributed by atoms with Crippen LogP contribution in [-0.2, 0) is 13.1 Å². The fourth-order valence-electron chi connectivity index (χ4n) is 4.65. The van der Waals surface area contributed by atoms with Crippen molar-refractivity contribution in [3.8, 4) is 0 Å². The van der Waals surface area contributed by atoms with E-state index in [1.807, 2.05) is 18.2 Å². The fourth-order valence-corrected chi connectivity index (χ4v) is 4.65. The summed E-state index contributed by atoms with van der Waals surface area (Å²) in [5.41, 5.74) is 4.14. The third kappa shape index (κ3) is 4.63. The van der Waals surface area contributed by atoms with Gasteiger partial charge in [-0.2, -0.15) is 0 Å². The van der Waals surface area contributed by atoms with Gasteiger partial charge in [0.1, 0.15) is 0 Å². The van der Waals surface area contributed by atoms with Crippen LogP contribution in [0.25, 0.3) is 0 Å². The molecular weight excluding hydrogens is 426 g/mol. The molecule has 2 aliphatic heterocycles. The van der Waals surface area contributed by atoms with Gasteiger partial charge in [0.2, 0.25) is 0 Å². The van der Waals surface area contributed by atoms with Crippen molar-refractivity contribution in [2.75, 3.05) is 18.4 Å². The number of amides is 3. The van der Waals surface area contributed by atoms with Gasteiger partial charge in [-0.3, -0.25) is 24.2 Å². The molecule has 1 saturated heterocycles. The molecule has 1 N–H and O–H groups in total. The fraction of sp³-hybridized carbons (Fsp3) is 0.250. The minimum atomic E-state index is -0.285. The average Bonchev–Trinajstić information content (AvgIpc) is 3.10. The number of imide groups is 1. The van der Waals surface area contributed by atoms with Gasteiger partial charge in [-0.05, 0) is 73.5 Å². The van der Waals surface area contributed by atoms with E-state index in [1.165, 1.54) is 29.7 Å². The van der Waals surface area contributed by atoms with Crippen LogP contribution in [0, 0.1) is 0 Å². The van der Waals surface area contributed by atoms with Gasteiger partial charge in [-0.1, -0.05) is 42.8 Å². The summed E-state index contributed by atoms with van der Waals surface area (Å²) in [6.45, 7) is 3.33. The third-order valence-corrected chi connectivity index (χ3v) is 6.47. The molecule has 0 spiro atoms. The molecule has 6 heteroatoms. The van der Waals surface area contributed by atoms with E-state index in [0.29, 0.717) is 16.7 Å². The molecular formula is C28H27N3O3. The molecule has 2 heterocycles. The summed E-state index contributed by atoms with van der Waals surface area (Å²) in [7, 11) is 0. The minimum absolute atomic E-state index is 0.173. The average molecular weight is 454 g/mol. The number of carbonyl (C=O) groups excluding carboxylic acids is 3. The Balaban J connectivity index is 1.21. The van der Waals surface area contributed by atoms with Crippen LogP contribution in [0.3, 0.4) is 0 Å². The predicted molar refractivity (Wildman–Crippen MR) is 131 cm³/mol. The van der Waals surface area contributed by atoms with Gasteiger partial charge in [0, 0.05) is 17.8 Å². The largest absolute Gasteiger partial charge is 0.322 e. The highest BCUT2D eigenvalue weighted by molar-refractivity contribution is 6.21. The van der Waals surface area contributed by atoms with Crippen LogP contribution in [0.2, 0.25) is 0 Å². The van der Waals surface area contributed by atoms with Crippen LogP contribution in [0.5, 0.6) is 0 Å². The molecule has 6 nitrogen and oxygen atoms in total. The van der Waals surface area contributed by atoms with Crippen LogP contribution in [-0.4, -0.2) is 40.6 Å². The number of hydrogen-bond acceptors (Lipinski definition) is 4. The van der Waals surface area contributed by atoms with Crippen molar-refractivity contribution in [1.29, 1.82) is 0 Å². The molecule has 1 fully saturated rings. The Morgan fingerprint density at radius 1 is 0.735 bits per heavy atom. The van der Waals surface area contributed by atoms with Crippen molar-refractivity contribution >= 4 is 23.4 Å². The molecule has 5 rings (SSSR count). The van der Waals surface area contributed by atoms with E-state index in [9.17, 15) is 14.4 Å². The number of fused-ring (bicyclic) bond motifs is 1. The Labute approximate surface area is 199 Å². The van der Waals surface area contributed by atoms with Crippen molar-refractivity contribution in [1.82, 2.24) is 9.80 Å². The maximum absolute atomic E-state index is 12.8. The van der Waals surface area contributed by atoms with Gasteiger partial charge < -0.3 is 5.32 Å². The maximum atomic E-state index is 12.8. The standard InChI is InChI=1S/C28H27N3O3/c32-26(29-23-8-6-7-21(17-23)18-30-15-4-1-5-16-30)22-13-11-20(12-14-22)19-31-27(33)24-9-2-3-10-25(24)28(31)34/h2-3,6-14,17H,1,4-5,15-16,18-19H2,(H,29,32). The molecule has 34 heavy (non-hydrogen) atoms. The summed E-state index contributed by atoms with van der Waals surface area (Å²) in [5.74, 6) is -0.763. The van der Waals surface area contributed by atoms with Crippen LogP contribution < -0.4 is 5.32 Å². The van der Waals surface area contributed by atoms with Crippen molar-refractivity contribution < 1.29 is 14.4 Å². The lowest BCUT2D eigenvalue weighted by Crippen LogP contribution is -2.29. The number of piperidine rings is 1. The lowest BCUT2D eigenvalue weighted by atomic mass is 10.1. The van der Waals surface area contributed by atoms with Gasteiger partial charge in [-0.25, -0.2) is 0 Å². The number of nitrogens with one attached hydrogen (secondary N) is 1. The highest BCUT2D eigenvalue weighted by Gasteiger charge is 2.34. The van der Waals surface area contributed by atoms with E-state index < -0.39 is 0 Å². The summed E-state index contributed by atoms with van der Waals surface area (Å²) in [6.07, 6.45) is 3.81. The zero-order valence-electron chi connectivity index (χ0n) is 19.0. The summed E-state index contributed by atoms with van der Waals surface area (Å²) >= 11 is 0. The molecule has 2 aliphatic rings. The molecule has 0 bridgehead atoms. The van der Waals surface area contributed by atoms with Crippen molar-refractivity contribution in [3.63, 3.8) is 0 Å². The van der Waals surface area contributed by atoms with Gasteiger partial charge in [0.05, 0.1) is 17.7 Å². The van der Waals surface area contributed by atoms with E-state index in [1.54, 1.807) is 48.5 Å². The Hall–Kier alpha value is -3.77. The zero-order valence-corrected chi connectivity index (χ0v) is 19.0. The van der Waals surface area contributed by atoms with Crippen LogP contribution in [0.15, 0.2) is 72.8 Å². The first-order valence-corrected chi connectivity index (χ1v) is 11.8. The molecule has 3 amide bonds. The van der Waals surface area contributed by atoms with Crippen LogP contribution in [0.4, 0.5) is 5.69 Å². The first-order valence-electron chi connectivity index (χ1n) is 11.8.